The number of unbranched alkanes of at least 4 members (excludes halogenated alkanes) is 1. The largest absolute Gasteiger partial charge is 0.383 e. The standard InChI is InChI=1S/C40H51N5O2/c1-29(2)43-36(13-7-10-26-45-24-8-4-9-25-45)40(47)44-37(28-31-14-18-33(19-15-31)32-11-5-3-6-12-32)38(46)21-17-30-16-20-35-34(27-30)22-23-42-39(35)41/h3,5-6,11-12,14-16,18-20,22-23,27,29,36-37,43H,4,7-10,13,17,21,24-26,28H2,1-2H3,(H2,41,42)(H,44,47)/t36-,37+/m1/s1. The molecule has 0 saturated carbocycles. The van der Waals surface area contributed by atoms with Crippen LogP contribution in [0.4, 0.5) is 5.82 Å². The van der Waals surface area contributed by atoms with Gasteiger partial charge in [0.05, 0.1) is 12.1 Å². The van der Waals surface area contributed by atoms with Gasteiger partial charge in [-0.3, -0.25) is 9.59 Å². The minimum absolute atomic E-state index is 0.0354. The third-order valence-corrected chi connectivity index (χ3v) is 9.24. The van der Waals surface area contributed by atoms with Crippen LogP contribution in [-0.4, -0.2) is 59.3 Å². The molecule has 1 saturated heterocycles. The lowest BCUT2D eigenvalue weighted by molar-refractivity contribution is -0.129. The van der Waals surface area contributed by atoms with Crippen molar-refractivity contribution in [2.24, 2.45) is 0 Å². The first-order chi connectivity index (χ1) is 22.9. The lowest BCUT2D eigenvalue weighted by atomic mass is 9.95. The molecule has 0 aliphatic carbocycles. The van der Waals surface area contributed by atoms with Gasteiger partial charge in [-0.15, -0.1) is 0 Å². The fourth-order valence-corrected chi connectivity index (χ4v) is 6.62. The number of aromatic nitrogens is 1. The zero-order valence-corrected chi connectivity index (χ0v) is 28.1. The topological polar surface area (TPSA) is 100 Å². The van der Waals surface area contributed by atoms with Crippen LogP contribution in [0.2, 0.25) is 0 Å². The third kappa shape index (κ3) is 10.2. The number of Topliss-reactive ketones (excluding diaryl/α,β-unsaturated/α-hetero) is 1. The van der Waals surface area contributed by atoms with Gasteiger partial charge >= 0.3 is 0 Å². The molecule has 0 unspecified atom stereocenters. The van der Waals surface area contributed by atoms with Gasteiger partial charge in [0, 0.05) is 24.0 Å². The molecule has 1 fully saturated rings. The molecule has 5 rings (SSSR count). The number of carbonyl (C=O) groups excluding carboxylic acids is 2. The van der Waals surface area contributed by atoms with Gasteiger partial charge in [-0.25, -0.2) is 4.98 Å². The van der Waals surface area contributed by atoms with Crippen LogP contribution < -0.4 is 16.4 Å². The maximum Gasteiger partial charge on any atom is 0.237 e. The summed E-state index contributed by atoms with van der Waals surface area (Å²) in [6.45, 7) is 7.60. The smallest absolute Gasteiger partial charge is 0.237 e. The highest BCUT2D eigenvalue weighted by Gasteiger charge is 2.26. The monoisotopic (exact) mass is 633 g/mol. The highest BCUT2D eigenvalue weighted by Crippen LogP contribution is 2.22. The van der Waals surface area contributed by atoms with Crippen molar-refractivity contribution in [3.63, 3.8) is 0 Å². The van der Waals surface area contributed by atoms with Gasteiger partial charge in [0.1, 0.15) is 5.82 Å². The first kappa shape index (κ1) is 34.3. The van der Waals surface area contributed by atoms with Gasteiger partial charge < -0.3 is 21.3 Å². The van der Waals surface area contributed by atoms with E-state index in [4.69, 9.17) is 5.73 Å². The lowest BCUT2D eigenvalue weighted by Gasteiger charge is -2.27. The molecule has 1 amide bonds. The summed E-state index contributed by atoms with van der Waals surface area (Å²) in [6.07, 6.45) is 9.78. The molecule has 3 aromatic carbocycles. The lowest BCUT2D eigenvalue weighted by Crippen LogP contribution is -2.52. The highest BCUT2D eigenvalue weighted by atomic mass is 16.2. The average molecular weight is 634 g/mol. The summed E-state index contributed by atoms with van der Waals surface area (Å²) in [4.78, 5) is 34.4. The van der Waals surface area contributed by atoms with Gasteiger partial charge in [-0.1, -0.05) is 99.5 Å². The van der Waals surface area contributed by atoms with Crippen LogP contribution in [0.15, 0.2) is 85.1 Å². The van der Waals surface area contributed by atoms with E-state index in [9.17, 15) is 9.59 Å². The van der Waals surface area contributed by atoms with Crippen molar-refractivity contribution in [3.8, 4) is 11.1 Å². The number of likely N-dealkylation sites (tertiary alicyclic amines) is 1. The minimum Gasteiger partial charge on any atom is -0.383 e. The van der Waals surface area contributed by atoms with Crippen LogP contribution in [0.1, 0.15) is 69.9 Å². The van der Waals surface area contributed by atoms with E-state index in [1.54, 1.807) is 6.20 Å². The number of piperidine rings is 1. The summed E-state index contributed by atoms with van der Waals surface area (Å²) < 4.78 is 0. The molecule has 1 aromatic heterocycles. The van der Waals surface area contributed by atoms with E-state index in [1.807, 2.05) is 36.4 Å². The summed E-state index contributed by atoms with van der Waals surface area (Å²) >= 11 is 0. The van der Waals surface area contributed by atoms with E-state index in [2.05, 4.69) is 76.8 Å². The molecule has 4 N–H and O–H groups in total. The maximum absolute atomic E-state index is 13.9. The Hall–Kier alpha value is -4.07. The molecule has 1 aliphatic rings. The van der Waals surface area contributed by atoms with Gasteiger partial charge in [0.15, 0.2) is 5.78 Å². The van der Waals surface area contributed by atoms with Crippen molar-refractivity contribution in [1.82, 2.24) is 20.5 Å². The van der Waals surface area contributed by atoms with Crippen LogP contribution >= 0.6 is 0 Å². The number of nitrogens with zero attached hydrogens (tertiary/aromatic N) is 2. The second kappa shape index (κ2) is 17.2. The Morgan fingerprint density at radius 3 is 2.32 bits per heavy atom. The molecular formula is C40H51N5O2. The van der Waals surface area contributed by atoms with E-state index in [0.29, 0.717) is 25.1 Å². The summed E-state index contributed by atoms with van der Waals surface area (Å²) in [7, 11) is 0. The van der Waals surface area contributed by atoms with Crippen LogP contribution in [0.25, 0.3) is 21.9 Å². The van der Waals surface area contributed by atoms with E-state index < -0.39 is 6.04 Å². The Bertz CT molecular complexity index is 1580. The fourth-order valence-electron chi connectivity index (χ4n) is 6.62. The van der Waals surface area contributed by atoms with E-state index in [-0.39, 0.29) is 23.8 Å². The average Bonchev–Trinajstić information content (AvgIpc) is 3.09. The molecule has 2 heterocycles. The molecule has 4 aromatic rings. The summed E-state index contributed by atoms with van der Waals surface area (Å²) in [5.41, 5.74) is 10.4. The number of hydrogen-bond acceptors (Lipinski definition) is 6. The number of ketones is 1. The summed E-state index contributed by atoms with van der Waals surface area (Å²) in [5.74, 6) is 0.445. The van der Waals surface area contributed by atoms with Crippen molar-refractivity contribution >= 4 is 28.3 Å². The Balaban J connectivity index is 1.26. The molecule has 248 valence electrons. The second-order valence-corrected chi connectivity index (χ2v) is 13.3. The first-order valence-corrected chi connectivity index (χ1v) is 17.4. The van der Waals surface area contributed by atoms with Crippen molar-refractivity contribution in [2.45, 2.75) is 89.8 Å². The number of nitrogen functional groups attached to an aromatic ring is 1. The van der Waals surface area contributed by atoms with Crippen LogP contribution in [0.3, 0.4) is 0 Å². The molecule has 0 bridgehead atoms. The predicted molar refractivity (Wildman–Crippen MR) is 193 cm³/mol. The molecule has 1 aliphatic heterocycles. The normalized spacial score (nSPS) is 15.0. The molecule has 7 heteroatoms. The Kier molecular flexibility index (Phi) is 12.5. The van der Waals surface area contributed by atoms with Crippen molar-refractivity contribution in [1.29, 1.82) is 0 Å². The molecule has 0 radical (unpaired) electrons. The summed E-state index contributed by atoms with van der Waals surface area (Å²) in [6, 6.07) is 25.8. The minimum atomic E-state index is -0.616. The molecule has 7 nitrogen and oxygen atoms in total. The number of anilines is 1. The third-order valence-electron chi connectivity index (χ3n) is 9.24. The van der Waals surface area contributed by atoms with E-state index in [1.165, 1.54) is 32.4 Å². The number of aryl methyl sites for hydroxylation is 1. The van der Waals surface area contributed by atoms with Crippen molar-refractivity contribution in [3.05, 3.63) is 96.2 Å². The number of rotatable bonds is 16. The number of pyridine rings is 1. The van der Waals surface area contributed by atoms with Gasteiger partial charge in [0.2, 0.25) is 5.91 Å². The SMILES string of the molecule is CC(C)N[C@H](CCCCN1CCCCC1)C(=O)N[C@@H](Cc1ccc(-c2ccccc2)cc1)C(=O)CCc1ccc2c(N)nccc2c1. The quantitative estimate of drug-likeness (QED) is 0.118. The van der Waals surface area contributed by atoms with Crippen LogP contribution in [0.5, 0.6) is 0 Å². The van der Waals surface area contributed by atoms with E-state index >= 15 is 0 Å². The fraction of sp³-hybridized carbons (Fsp3) is 0.425. The van der Waals surface area contributed by atoms with E-state index in [0.717, 1.165) is 58.8 Å². The number of nitrogens with two attached hydrogens (primary N) is 1. The molecular weight excluding hydrogens is 582 g/mol. The van der Waals surface area contributed by atoms with Gasteiger partial charge in [-0.2, -0.15) is 0 Å². The molecule has 2 atom stereocenters. The number of amides is 1. The predicted octanol–water partition coefficient (Wildman–Crippen LogP) is 6.74. The zero-order chi connectivity index (χ0) is 33.0. The second-order valence-electron chi connectivity index (χ2n) is 13.3. The van der Waals surface area contributed by atoms with Crippen LogP contribution in [-0.2, 0) is 22.4 Å². The number of carbonyl (C=O) groups is 2. The number of fused-ring (bicyclic) bond motifs is 1. The van der Waals surface area contributed by atoms with Gasteiger partial charge in [0.25, 0.3) is 0 Å². The number of nitrogens with one attached hydrogen (secondary N) is 2. The summed E-state index contributed by atoms with van der Waals surface area (Å²) in [5, 5.41) is 8.59. The van der Waals surface area contributed by atoms with Crippen LogP contribution in [0, 0.1) is 0 Å². The maximum atomic E-state index is 13.9. The van der Waals surface area contributed by atoms with Crippen molar-refractivity contribution in [2.75, 3.05) is 25.4 Å². The number of benzene rings is 3. The Labute approximate surface area is 280 Å². The Morgan fingerprint density at radius 2 is 1.57 bits per heavy atom. The Morgan fingerprint density at radius 1 is 0.851 bits per heavy atom. The highest BCUT2D eigenvalue weighted by molar-refractivity contribution is 5.92. The van der Waals surface area contributed by atoms with Gasteiger partial charge in [-0.05, 0) is 91.9 Å². The zero-order valence-electron chi connectivity index (χ0n) is 28.1. The first-order valence-electron chi connectivity index (χ1n) is 17.4. The molecule has 0 spiro atoms. The van der Waals surface area contributed by atoms with Crippen molar-refractivity contribution < 1.29 is 9.59 Å². The molecule has 47 heavy (non-hydrogen) atoms. The number of hydrogen-bond donors (Lipinski definition) is 3.